The van der Waals surface area contributed by atoms with E-state index in [0.29, 0.717) is 6.54 Å². The molecule has 0 aromatic heterocycles. The molecule has 1 rings (SSSR count). The van der Waals surface area contributed by atoms with Crippen LogP contribution in [-0.2, 0) is 4.79 Å². The molecule has 1 amide bonds. The van der Waals surface area contributed by atoms with Gasteiger partial charge in [-0.05, 0) is 32.4 Å². The summed E-state index contributed by atoms with van der Waals surface area (Å²) in [5.41, 5.74) is 0. The van der Waals surface area contributed by atoms with Gasteiger partial charge in [-0.3, -0.25) is 4.79 Å². The molecular formula is C11H18N2OS. The number of hydrogen-bond donors (Lipinski definition) is 0. The molecular weight excluding hydrogens is 208 g/mol. The summed E-state index contributed by atoms with van der Waals surface area (Å²) in [6, 6.07) is 2.15. The lowest BCUT2D eigenvalue weighted by molar-refractivity contribution is -0.132. The average molecular weight is 226 g/mol. The van der Waals surface area contributed by atoms with Crippen LogP contribution >= 0.6 is 11.8 Å². The van der Waals surface area contributed by atoms with E-state index in [1.165, 1.54) is 0 Å². The van der Waals surface area contributed by atoms with Gasteiger partial charge in [0.05, 0.1) is 16.7 Å². The van der Waals surface area contributed by atoms with E-state index in [1.54, 1.807) is 23.7 Å². The second kappa shape index (κ2) is 4.89. The van der Waals surface area contributed by atoms with Gasteiger partial charge >= 0.3 is 0 Å². The number of nitrogens with zero attached hydrogens (tertiary/aromatic N) is 2. The van der Waals surface area contributed by atoms with Gasteiger partial charge in [-0.15, -0.1) is 11.8 Å². The fourth-order valence-electron chi connectivity index (χ4n) is 1.89. The number of hydrogen-bond acceptors (Lipinski definition) is 3. The van der Waals surface area contributed by atoms with Gasteiger partial charge < -0.3 is 4.90 Å². The molecule has 3 nitrogen and oxygen atoms in total. The monoisotopic (exact) mass is 226 g/mol. The van der Waals surface area contributed by atoms with Crippen LogP contribution in [0.1, 0.15) is 26.7 Å². The van der Waals surface area contributed by atoms with E-state index in [-0.39, 0.29) is 16.6 Å². The van der Waals surface area contributed by atoms with Crippen LogP contribution in [0, 0.1) is 17.2 Å². The van der Waals surface area contributed by atoms with Crippen LogP contribution in [0.2, 0.25) is 0 Å². The number of carbonyl (C=O) groups excluding carboxylic acids is 1. The zero-order chi connectivity index (χ0) is 11.5. The molecule has 0 aliphatic carbocycles. The Bertz CT molecular complexity index is 279. The van der Waals surface area contributed by atoms with E-state index in [0.717, 1.165) is 18.6 Å². The molecule has 84 valence electrons. The molecule has 2 unspecified atom stereocenters. The predicted molar refractivity (Wildman–Crippen MR) is 62.5 cm³/mol. The second-order valence-electron chi connectivity index (χ2n) is 4.40. The third-order valence-corrected chi connectivity index (χ3v) is 4.29. The average Bonchev–Trinajstić information content (AvgIpc) is 2.65. The van der Waals surface area contributed by atoms with Crippen LogP contribution in [0.4, 0.5) is 0 Å². The van der Waals surface area contributed by atoms with E-state index in [9.17, 15) is 4.79 Å². The SMILES string of the molecule is CC(C#N)CN(C)C(=O)C1(C)CCCS1. The summed E-state index contributed by atoms with van der Waals surface area (Å²) in [6.45, 7) is 4.39. The molecule has 1 aliphatic rings. The largest absolute Gasteiger partial charge is 0.343 e. The topological polar surface area (TPSA) is 44.1 Å². The second-order valence-corrected chi connectivity index (χ2v) is 6.00. The Balaban J connectivity index is 2.56. The Morgan fingerprint density at radius 1 is 1.73 bits per heavy atom. The van der Waals surface area contributed by atoms with Crippen molar-refractivity contribution in [1.82, 2.24) is 4.90 Å². The van der Waals surface area contributed by atoms with Crippen molar-refractivity contribution in [2.24, 2.45) is 5.92 Å². The zero-order valence-electron chi connectivity index (χ0n) is 9.62. The van der Waals surface area contributed by atoms with Gasteiger partial charge in [-0.1, -0.05) is 0 Å². The standard InChI is InChI=1S/C11H18N2OS/c1-9(7-12)8-13(3)10(14)11(2)5-4-6-15-11/h9H,4-6,8H2,1-3H3. The smallest absolute Gasteiger partial charge is 0.238 e. The molecule has 0 N–H and O–H groups in total. The first-order valence-electron chi connectivity index (χ1n) is 5.29. The summed E-state index contributed by atoms with van der Waals surface area (Å²) < 4.78 is -0.246. The lowest BCUT2D eigenvalue weighted by atomic mass is 10.0. The highest BCUT2D eigenvalue weighted by molar-refractivity contribution is 8.01. The summed E-state index contributed by atoms with van der Waals surface area (Å²) in [6.07, 6.45) is 2.08. The van der Waals surface area contributed by atoms with Gasteiger partial charge in [0.1, 0.15) is 0 Å². The number of amides is 1. The van der Waals surface area contributed by atoms with Crippen molar-refractivity contribution in [2.45, 2.75) is 31.4 Å². The van der Waals surface area contributed by atoms with Crippen LogP contribution in [0.5, 0.6) is 0 Å². The molecule has 0 bridgehead atoms. The first kappa shape index (κ1) is 12.4. The minimum absolute atomic E-state index is 0.0889. The molecule has 2 atom stereocenters. The Labute approximate surface area is 95.8 Å². The third kappa shape index (κ3) is 2.88. The maximum Gasteiger partial charge on any atom is 0.238 e. The summed E-state index contributed by atoms with van der Waals surface area (Å²) in [7, 11) is 1.79. The number of carbonyl (C=O) groups is 1. The fraction of sp³-hybridized carbons (Fsp3) is 0.818. The quantitative estimate of drug-likeness (QED) is 0.738. The van der Waals surface area contributed by atoms with Crippen molar-refractivity contribution < 1.29 is 4.79 Å². The van der Waals surface area contributed by atoms with Crippen LogP contribution < -0.4 is 0 Å². The molecule has 0 spiro atoms. The van der Waals surface area contributed by atoms with E-state index < -0.39 is 0 Å². The summed E-state index contributed by atoms with van der Waals surface area (Å²) in [4.78, 5) is 13.8. The Kier molecular flexibility index (Phi) is 4.04. The normalized spacial score (nSPS) is 27.1. The van der Waals surface area contributed by atoms with Crippen LogP contribution in [0.15, 0.2) is 0 Å². The molecule has 1 aliphatic heterocycles. The molecule has 15 heavy (non-hydrogen) atoms. The third-order valence-electron chi connectivity index (χ3n) is 2.79. The molecule has 1 heterocycles. The predicted octanol–water partition coefficient (Wildman–Crippen LogP) is 1.89. The van der Waals surface area contributed by atoms with Crippen molar-refractivity contribution in [2.75, 3.05) is 19.3 Å². The maximum atomic E-state index is 12.1. The van der Waals surface area contributed by atoms with Gasteiger partial charge in [0, 0.05) is 13.6 Å². The van der Waals surface area contributed by atoms with Crippen LogP contribution in [0.3, 0.4) is 0 Å². The molecule has 0 aromatic rings. The Hall–Kier alpha value is -0.690. The molecule has 4 heteroatoms. The summed E-state index contributed by atoms with van der Waals surface area (Å²) in [5, 5.41) is 8.70. The van der Waals surface area contributed by atoms with Gasteiger partial charge in [0.15, 0.2) is 0 Å². The minimum atomic E-state index is -0.246. The van der Waals surface area contributed by atoms with Gasteiger partial charge in [-0.2, -0.15) is 5.26 Å². The van der Waals surface area contributed by atoms with Crippen molar-refractivity contribution >= 4 is 17.7 Å². The van der Waals surface area contributed by atoms with Gasteiger partial charge in [0.2, 0.25) is 5.91 Å². The first-order valence-corrected chi connectivity index (χ1v) is 6.27. The highest BCUT2D eigenvalue weighted by atomic mass is 32.2. The summed E-state index contributed by atoms with van der Waals surface area (Å²) in [5.74, 6) is 1.16. The highest BCUT2D eigenvalue weighted by Gasteiger charge is 2.39. The number of thioether (sulfide) groups is 1. The number of nitriles is 1. The van der Waals surface area contributed by atoms with E-state index in [1.807, 2.05) is 13.8 Å². The van der Waals surface area contributed by atoms with Gasteiger partial charge in [-0.25, -0.2) is 0 Å². The van der Waals surface area contributed by atoms with E-state index >= 15 is 0 Å². The number of rotatable bonds is 3. The molecule has 1 fully saturated rings. The summed E-state index contributed by atoms with van der Waals surface area (Å²) >= 11 is 1.74. The van der Waals surface area contributed by atoms with Crippen LogP contribution in [0.25, 0.3) is 0 Å². The Morgan fingerprint density at radius 2 is 2.40 bits per heavy atom. The van der Waals surface area contributed by atoms with Crippen molar-refractivity contribution in [3.05, 3.63) is 0 Å². The molecule has 0 saturated carbocycles. The highest BCUT2D eigenvalue weighted by Crippen LogP contribution is 2.38. The van der Waals surface area contributed by atoms with Crippen molar-refractivity contribution in [3.63, 3.8) is 0 Å². The van der Waals surface area contributed by atoms with Crippen LogP contribution in [-0.4, -0.2) is 34.9 Å². The zero-order valence-corrected chi connectivity index (χ0v) is 10.4. The van der Waals surface area contributed by atoms with Gasteiger partial charge in [0.25, 0.3) is 0 Å². The molecule has 1 saturated heterocycles. The van der Waals surface area contributed by atoms with Crippen molar-refractivity contribution in [1.29, 1.82) is 5.26 Å². The Morgan fingerprint density at radius 3 is 2.87 bits per heavy atom. The maximum absolute atomic E-state index is 12.1. The fourth-order valence-corrected chi connectivity index (χ4v) is 3.19. The van der Waals surface area contributed by atoms with Crippen molar-refractivity contribution in [3.8, 4) is 6.07 Å². The molecule has 0 radical (unpaired) electrons. The van der Waals surface area contributed by atoms with E-state index in [2.05, 4.69) is 6.07 Å². The first-order chi connectivity index (χ1) is 6.99. The lowest BCUT2D eigenvalue weighted by Crippen LogP contribution is -2.43. The van der Waals surface area contributed by atoms with E-state index in [4.69, 9.17) is 5.26 Å². The lowest BCUT2D eigenvalue weighted by Gasteiger charge is -2.28. The molecule has 0 aromatic carbocycles. The minimum Gasteiger partial charge on any atom is -0.343 e.